The van der Waals surface area contributed by atoms with E-state index < -0.39 is 0 Å². The number of nitrogens with one attached hydrogen (secondary N) is 1. The maximum absolute atomic E-state index is 3.70. The highest BCUT2D eigenvalue weighted by atomic mass is 14.9. The van der Waals surface area contributed by atoms with Crippen LogP contribution in [0, 0.1) is 0 Å². The van der Waals surface area contributed by atoms with E-state index in [9.17, 15) is 0 Å². The lowest BCUT2D eigenvalue weighted by Crippen LogP contribution is -2.04. The summed E-state index contributed by atoms with van der Waals surface area (Å²) in [5.41, 5.74) is 2.43. The molecule has 0 radical (unpaired) electrons. The summed E-state index contributed by atoms with van der Waals surface area (Å²) < 4.78 is 0. The van der Waals surface area contributed by atoms with Gasteiger partial charge in [-0.25, -0.2) is 0 Å². The normalized spacial score (nSPS) is 14.7. The fourth-order valence-corrected chi connectivity index (χ4v) is 0.995. The molecule has 1 heterocycles. The summed E-state index contributed by atoms with van der Waals surface area (Å²) in [6.45, 7) is 12.4. The Labute approximate surface area is 71.0 Å². The minimum atomic E-state index is 0. The fourth-order valence-electron chi connectivity index (χ4n) is 0.995. The van der Waals surface area contributed by atoms with Crippen LogP contribution < -0.4 is 5.32 Å². The molecule has 0 saturated carbocycles. The van der Waals surface area contributed by atoms with Crippen molar-refractivity contribution in [1.29, 1.82) is 0 Å². The second-order valence-electron chi connectivity index (χ2n) is 2.02. The molecule has 0 fully saturated rings. The molecule has 0 aromatic rings. The number of allylic oxidation sites excluding steroid dienone is 2. The van der Waals surface area contributed by atoms with E-state index in [0.29, 0.717) is 0 Å². The van der Waals surface area contributed by atoms with E-state index in [2.05, 4.69) is 18.5 Å². The van der Waals surface area contributed by atoms with E-state index in [1.165, 1.54) is 5.57 Å². The van der Waals surface area contributed by atoms with Gasteiger partial charge in [0.15, 0.2) is 0 Å². The van der Waals surface area contributed by atoms with Gasteiger partial charge in [0, 0.05) is 13.7 Å². The molecule has 11 heavy (non-hydrogen) atoms. The maximum atomic E-state index is 3.70. The SMILES string of the molecule is C=CC1=C(C=C)NCC1.CC.[HH]. The molecule has 0 unspecified atom stereocenters. The summed E-state index contributed by atoms with van der Waals surface area (Å²) in [5, 5.41) is 3.20. The van der Waals surface area contributed by atoms with Gasteiger partial charge in [0.2, 0.25) is 0 Å². The quantitative estimate of drug-likeness (QED) is 0.643. The van der Waals surface area contributed by atoms with Gasteiger partial charge in [-0.15, -0.1) is 0 Å². The summed E-state index contributed by atoms with van der Waals surface area (Å²) in [7, 11) is 0. The van der Waals surface area contributed by atoms with Crippen molar-refractivity contribution in [3.05, 3.63) is 36.6 Å². The van der Waals surface area contributed by atoms with Crippen molar-refractivity contribution in [3.63, 3.8) is 0 Å². The summed E-state index contributed by atoms with van der Waals surface area (Å²) >= 11 is 0. The van der Waals surface area contributed by atoms with E-state index >= 15 is 0 Å². The first kappa shape index (κ1) is 10.0. The van der Waals surface area contributed by atoms with Gasteiger partial charge in [-0.3, -0.25) is 0 Å². The van der Waals surface area contributed by atoms with Crippen LogP contribution in [-0.2, 0) is 0 Å². The molecule has 0 aromatic heterocycles. The predicted molar refractivity (Wildman–Crippen MR) is 53.5 cm³/mol. The smallest absolute Gasteiger partial charge is 0.0367 e. The topological polar surface area (TPSA) is 12.0 Å². The lowest BCUT2D eigenvalue weighted by molar-refractivity contribution is 0.889. The first-order chi connectivity index (χ1) is 5.38. The van der Waals surface area contributed by atoms with Gasteiger partial charge in [-0.1, -0.05) is 33.1 Å². The molecule has 0 amide bonds. The zero-order chi connectivity index (χ0) is 8.69. The van der Waals surface area contributed by atoms with E-state index in [-0.39, 0.29) is 1.43 Å². The summed E-state index contributed by atoms with van der Waals surface area (Å²) in [4.78, 5) is 0. The van der Waals surface area contributed by atoms with Crippen LogP contribution in [0.5, 0.6) is 0 Å². The molecule has 1 rings (SSSR count). The highest BCUT2D eigenvalue weighted by Crippen LogP contribution is 2.13. The van der Waals surface area contributed by atoms with Crippen LogP contribution in [0.1, 0.15) is 21.7 Å². The molecule has 1 aliphatic heterocycles. The van der Waals surface area contributed by atoms with Gasteiger partial charge in [-0.05, 0) is 18.1 Å². The van der Waals surface area contributed by atoms with Crippen LogP contribution in [0.15, 0.2) is 36.6 Å². The number of rotatable bonds is 2. The highest BCUT2D eigenvalue weighted by Gasteiger charge is 2.05. The van der Waals surface area contributed by atoms with Crippen molar-refractivity contribution in [2.75, 3.05) is 6.54 Å². The van der Waals surface area contributed by atoms with E-state index in [0.717, 1.165) is 18.7 Å². The fraction of sp³-hybridized carbons (Fsp3) is 0.400. The van der Waals surface area contributed by atoms with Crippen LogP contribution >= 0.6 is 0 Å². The summed E-state index contributed by atoms with van der Waals surface area (Å²) in [6.07, 6.45) is 4.81. The molecule has 0 aliphatic carbocycles. The molecule has 64 valence electrons. The Balaban J connectivity index is 0. The van der Waals surface area contributed by atoms with Crippen molar-refractivity contribution in [3.8, 4) is 0 Å². The molecule has 1 N–H and O–H groups in total. The van der Waals surface area contributed by atoms with Crippen molar-refractivity contribution >= 4 is 0 Å². The van der Waals surface area contributed by atoms with E-state index in [4.69, 9.17) is 0 Å². The van der Waals surface area contributed by atoms with Gasteiger partial charge < -0.3 is 5.32 Å². The standard InChI is InChI=1S/C8H11N.C2H6.H2/c1-3-7-5-6-9-8(7)4-2;1-2;/h3-4,9H,1-2,5-6H2;1-2H3;1H. The van der Waals surface area contributed by atoms with Crippen molar-refractivity contribution in [2.24, 2.45) is 0 Å². The highest BCUT2D eigenvalue weighted by molar-refractivity contribution is 5.33. The lowest BCUT2D eigenvalue weighted by Gasteiger charge is -1.94. The molecule has 0 saturated heterocycles. The average Bonchev–Trinajstić information content (AvgIpc) is 2.54. The molecule has 0 spiro atoms. The Bertz CT molecular complexity index is 153. The van der Waals surface area contributed by atoms with Crippen molar-refractivity contribution in [1.82, 2.24) is 5.32 Å². The largest absolute Gasteiger partial charge is 0.385 e. The van der Waals surface area contributed by atoms with Crippen LogP contribution in [-0.4, -0.2) is 6.54 Å². The number of hydrogen-bond acceptors (Lipinski definition) is 1. The van der Waals surface area contributed by atoms with Gasteiger partial charge in [0.05, 0.1) is 0 Å². The lowest BCUT2D eigenvalue weighted by atomic mass is 10.2. The third-order valence-electron chi connectivity index (χ3n) is 1.51. The average molecular weight is 153 g/mol. The molecule has 1 heteroatoms. The molecule has 1 nitrogen and oxygen atoms in total. The third kappa shape index (κ3) is 2.62. The van der Waals surface area contributed by atoms with Gasteiger partial charge in [0.1, 0.15) is 0 Å². The zero-order valence-corrected chi connectivity index (χ0v) is 7.48. The number of hydrogen-bond donors (Lipinski definition) is 1. The maximum Gasteiger partial charge on any atom is 0.0367 e. The monoisotopic (exact) mass is 153 g/mol. The summed E-state index contributed by atoms with van der Waals surface area (Å²) in [6, 6.07) is 0. The first-order valence-corrected chi connectivity index (χ1v) is 4.10. The van der Waals surface area contributed by atoms with Gasteiger partial charge in [-0.2, -0.15) is 0 Å². The van der Waals surface area contributed by atoms with E-state index in [1.807, 2.05) is 26.0 Å². The van der Waals surface area contributed by atoms with Crippen molar-refractivity contribution in [2.45, 2.75) is 20.3 Å². The molecular weight excluding hydrogens is 134 g/mol. The minimum Gasteiger partial charge on any atom is -0.385 e. The molecule has 1 aliphatic rings. The Morgan fingerprint density at radius 3 is 2.36 bits per heavy atom. The summed E-state index contributed by atoms with van der Waals surface area (Å²) in [5.74, 6) is 0. The third-order valence-corrected chi connectivity index (χ3v) is 1.51. The molecular formula is C10H19N. The van der Waals surface area contributed by atoms with Crippen molar-refractivity contribution < 1.29 is 1.43 Å². The van der Waals surface area contributed by atoms with Crippen LogP contribution in [0.3, 0.4) is 0 Å². The minimum absolute atomic E-state index is 0. The Morgan fingerprint density at radius 2 is 2.00 bits per heavy atom. The van der Waals surface area contributed by atoms with Crippen LogP contribution in [0.2, 0.25) is 0 Å². The molecule has 0 atom stereocenters. The Hall–Kier alpha value is -0.980. The Morgan fingerprint density at radius 1 is 1.36 bits per heavy atom. The molecule has 0 aromatic carbocycles. The van der Waals surface area contributed by atoms with Gasteiger partial charge >= 0.3 is 0 Å². The van der Waals surface area contributed by atoms with E-state index in [1.54, 1.807) is 0 Å². The Kier molecular flexibility index (Phi) is 5.26. The van der Waals surface area contributed by atoms with Crippen LogP contribution in [0.25, 0.3) is 0 Å². The second kappa shape index (κ2) is 5.78. The first-order valence-electron chi connectivity index (χ1n) is 4.10. The van der Waals surface area contributed by atoms with Gasteiger partial charge in [0.25, 0.3) is 0 Å². The molecule has 0 bridgehead atoms. The zero-order valence-electron chi connectivity index (χ0n) is 7.48. The predicted octanol–water partition coefficient (Wildman–Crippen LogP) is 2.88. The van der Waals surface area contributed by atoms with Crippen LogP contribution in [0.4, 0.5) is 0 Å². The second-order valence-corrected chi connectivity index (χ2v) is 2.02.